The molecule has 1 saturated heterocycles. The summed E-state index contributed by atoms with van der Waals surface area (Å²) in [4.78, 5) is 14.3. The molecule has 0 saturated carbocycles. The molecule has 1 aliphatic rings. The molecule has 2 N–H and O–H groups in total. The van der Waals surface area contributed by atoms with Gasteiger partial charge in [0, 0.05) is 38.6 Å². The summed E-state index contributed by atoms with van der Waals surface area (Å²) >= 11 is 0. The van der Waals surface area contributed by atoms with Crippen LogP contribution in [0.25, 0.3) is 10.8 Å². The second kappa shape index (κ2) is 8.81. The molecule has 0 radical (unpaired) electrons. The molecule has 26 heavy (non-hydrogen) atoms. The first-order valence-electron chi connectivity index (χ1n) is 8.46. The Bertz CT molecular complexity index is 873. The summed E-state index contributed by atoms with van der Waals surface area (Å²) in [6.07, 6.45) is 0.164. The van der Waals surface area contributed by atoms with E-state index in [1.54, 1.807) is 23.1 Å². The van der Waals surface area contributed by atoms with Gasteiger partial charge in [-0.05, 0) is 29.8 Å². The van der Waals surface area contributed by atoms with Gasteiger partial charge in [-0.15, -0.1) is 12.4 Å². The van der Waals surface area contributed by atoms with E-state index in [9.17, 15) is 13.2 Å². The standard InChI is InChI=1S/C18H23N3O3S.ClH/c1-14-13-19-10-11-21(14)18(22)8-9-20-25(23,24)17-7-6-15-4-2-3-5-16(15)12-17;/h2-7,12,14,19-20H,8-11,13H2,1H3;1H/t14-;/m1./s1. The molecule has 1 amide bonds. The number of hydrogen-bond acceptors (Lipinski definition) is 4. The second-order valence-electron chi connectivity index (χ2n) is 6.30. The number of halogens is 1. The van der Waals surface area contributed by atoms with Crippen LogP contribution < -0.4 is 10.0 Å². The molecule has 0 bridgehead atoms. The summed E-state index contributed by atoms with van der Waals surface area (Å²) in [5, 5.41) is 5.09. The van der Waals surface area contributed by atoms with Gasteiger partial charge >= 0.3 is 0 Å². The molecule has 1 fully saturated rings. The van der Waals surface area contributed by atoms with Crippen molar-refractivity contribution in [2.75, 3.05) is 26.2 Å². The Morgan fingerprint density at radius 2 is 1.96 bits per heavy atom. The van der Waals surface area contributed by atoms with Crippen molar-refractivity contribution in [3.63, 3.8) is 0 Å². The van der Waals surface area contributed by atoms with Crippen LogP contribution in [-0.4, -0.2) is 51.4 Å². The van der Waals surface area contributed by atoms with Crippen LogP contribution in [-0.2, 0) is 14.8 Å². The molecular weight excluding hydrogens is 374 g/mol. The number of fused-ring (bicyclic) bond motifs is 1. The van der Waals surface area contributed by atoms with E-state index < -0.39 is 10.0 Å². The van der Waals surface area contributed by atoms with Gasteiger partial charge in [0.05, 0.1) is 4.90 Å². The van der Waals surface area contributed by atoms with Gasteiger partial charge in [0.15, 0.2) is 0 Å². The molecule has 6 nitrogen and oxygen atoms in total. The van der Waals surface area contributed by atoms with Gasteiger partial charge in [-0.3, -0.25) is 4.79 Å². The Morgan fingerprint density at radius 3 is 2.69 bits per heavy atom. The van der Waals surface area contributed by atoms with Crippen molar-refractivity contribution in [2.45, 2.75) is 24.3 Å². The van der Waals surface area contributed by atoms with Crippen molar-refractivity contribution in [1.29, 1.82) is 0 Å². The lowest BCUT2D eigenvalue weighted by atomic mass is 10.1. The zero-order valence-corrected chi connectivity index (χ0v) is 16.3. The zero-order chi connectivity index (χ0) is 17.9. The van der Waals surface area contributed by atoms with Gasteiger partial charge < -0.3 is 10.2 Å². The molecule has 1 heterocycles. The molecule has 2 aromatic carbocycles. The minimum atomic E-state index is -3.62. The lowest BCUT2D eigenvalue weighted by Crippen LogP contribution is -2.52. The largest absolute Gasteiger partial charge is 0.337 e. The number of nitrogens with one attached hydrogen (secondary N) is 2. The van der Waals surface area contributed by atoms with E-state index in [1.165, 1.54) is 0 Å². The van der Waals surface area contributed by atoms with E-state index in [4.69, 9.17) is 0 Å². The van der Waals surface area contributed by atoms with Crippen LogP contribution in [0.4, 0.5) is 0 Å². The number of piperazine rings is 1. The Kier molecular flexibility index (Phi) is 7.00. The fraction of sp³-hybridized carbons (Fsp3) is 0.389. The van der Waals surface area contributed by atoms with Crippen molar-refractivity contribution in [3.8, 4) is 0 Å². The predicted octanol–water partition coefficient (Wildman–Crippen LogP) is 1.75. The minimum Gasteiger partial charge on any atom is -0.337 e. The smallest absolute Gasteiger partial charge is 0.240 e. The van der Waals surface area contributed by atoms with Crippen molar-refractivity contribution in [2.24, 2.45) is 0 Å². The normalized spacial score (nSPS) is 17.7. The van der Waals surface area contributed by atoms with Gasteiger partial charge in [0.25, 0.3) is 0 Å². The summed E-state index contributed by atoms with van der Waals surface area (Å²) in [7, 11) is -3.62. The second-order valence-corrected chi connectivity index (χ2v) is 8.06. The number of amides is 1. The molecule has 0 spiro atoms. The molecule has 2 aromatic rings. The SMILES string of the molecule is C[C@@H]1CNCCN1C(=O)CCNS(=O)(=O)c1ccc2ccccc2c1.Cl. The first-order chi connectivity index (χ1) is 12.0. The summed E-state index contributed by atoms with van der Waals surface area (Å²) < 4.78 is 27.4. The summed E-state index contributed by atoms with van der Waals surface area (Å²) in [5.41, 5.74) is 0. The highest BCUT2D eigenvalue weighted by Gasteiger charge is 2.23. The fourth-order valence-corrected chi connectivity index (χ4v) is 4.13. The number of benzene rings is 2. The van der Waals surface area contributed by atoms with Crippen molar-refractivity contribution < 1.29 is 13.2 Å². The molecule has 1 atom stereocenters. The van der Waals surface area contributed by atoms with E-state index in [1.807, 2.05) is 31.2 Å². The van der Waals surface area contributed by atoms with Crippen LogP contribution in [0, 0.1) is 0 Å². The van der Waals surface area contributed by atoms with E-state index in [0.717, 1.165) is 23.9 Å². The summed E-state index contributed by atoms with van der Waals surface area (Å²) in [5.74, 6) is -0.0183. The Morgan fingerprint density at radius 1 is 1.23 bits per heavy atom. The Labute approximate surface area is 160 Å². The third kappa shape index (κ3) is 4.73. The zero-order valence-electron chi connectivity index (χ0n) is 14.6. The van der Waals surface area contributed by atoms with E-state index in [0.29, 0.717) is 6.54 Å². The van der Waals surface area contributed by atoms with E-state index in [2.05, 4.69) is 10.0 Å². The quantitative estimate of drug-likeness (QED) is 0.805. The van der Waals surface area contributed by atoms with Crippen LogP contribution in [0.15, 0.2) is 47.4 Å². The highest BCUT2D eigenvalue weighted by Crippen LogP contribution is 2.18. The lowest BCUT2D eigenvalue weighted by Gasteiger charge is -2.34. The van der Waals surface area contributed by atoms with Gasteiger partial charge in [-0.1, -0.05) is 30.3 Å². The fourth-order valence-electron chi connectivity index (χ4n) is 3.07. The maximum absolute atomic E-state index is 12.5. The third-order valence-electron chi connectivity index (χ3n) is 4.48. The molecule has 8 heteroatoms. The molecular formula is C18H24ClN3O3S. The number of hydrogen-bond donors (Lipinski definition) is 2. The first kappa shape index (κ1) is 20.6. The molecule has 1 aliphatic heterocycles. The lowest BCUT2D eigenvalue weighted by molar-refractivity contribution is -0.133. The molecule has 3 rings (SSSR count). The number of carbonyl (C=O) groups is 1. The van der Waals surface area contributed by atoms with Gasteiger partial charge in [-0.2, -0.15) is 0 Å². The molecule has 0 aromatic heterocycles. The Hall–Kier alpha value is -1.67. The predicted molar refractivity (Wildman–Crippen MR) is 105 cm³/mol. The van der Waals surface area contributed by atoms with Gasteiger partial charge in [0.1, 0.15) is 0 Å². The van der Waals surface area contributed by atoms with Gasteiger partial charge in [-0.25, -0.2) is 13.1 Å². The number of sulfonamides is 1. The van der Waals surface area contributed by atoms with Gasteiger partial charge in [0.2, 0.25) is 15.9 Å². The van der Waals surface area contributed by atoms with Crippen molar-refractivity contribution in [3.05, 3.63) is 42.5 Å². The van der Waals surface area contributed by atoms with Crippen LogP contribution in [0.3, 0.4) is 0 Å². The van der Waals surface area contributed by atoms with Crippen LogP contribution in [0.5, 0.6) is 0 Å². The van der Waals surface area contributed by atoms with Crippen molar-refractivity contribution in [1.82, 2.24) is 14.9 Å². The van der Waals surface area contributed by atoms with Crippen LogP contribution >= 0.6 is 12.4 Å². The Balaban J connectivity index is 0.00000243. The molecule has 142 valence electrons. The van der Waals surface area contributed by atoms with Crippen LogP contribution in [0.2, 0.25) is 0 Å². The average molecular weight is 398 g/mol. The minimum absolute atomic E-state index is 0. The van der Waals surface area contributed by atoms with Crippen LogP contribution in [0.1, 0.15) is 13.3 Å². The number of carbonyl (C=O) groups excluding carboxylic acids is 1. The topological polar surface area (TPSA) is 78.5 Å². The maximum atomic E-state index is 12.5. The first-order valence-corrected chi connectivity index (χ1v) is 9.94. The summed E-state index contributed by atoms with van der Waals surface area (Å²) in [6.45, 7) is 4.30. The average Bonchev–Trinajstić information content (AvgIpc) is 2.61. The molecule has 0 aliphatic carbocycles. The maximum Gasteiger partial charge on any atom is 0.240 e. The third-order valence-corrected chi connectivity index (χ3v) is 5.94. The van der Waals surface area contributed by atoms with Crippen molar-refractivity contribution >= 4 is 39.1 Å². The highest BCUT2D eigenvalue weighted by atomic mass is 35.5. The van der Waals surface area contributed by atoms with E-state index >= 15 is 0 Å². The summed E-state index contributed by atoms with van der Waals surface area (Å²) in [6, 6.07) is 12.8. The number of rotatable bonds is 5. The highest BCUT2D eigenvalue weighted by molar-refractivity contribution is 7.89. The monoisotopic (exact) mass is 397 g/mol. The van der Waals surface area contributed by atoms with E-state index in [-0.39, 0.29) is 42.2 Å². The molecule has 0 unspecified atom stereocenters. The number of nitrogens with zero attached hydrogens (tertiary/aromatic N) is 1.